The Balaban J connectivity index is 2.10. The molecule has 0 N–H and O–H groups in total. The lowest BCUT2D eigenvalue weighted by atomic mass is 9.73. The van der Waals surface area contributed by atoms with Gasteiger partial charge in [0.15, 0.2) is 0 Å². The summed E-state index contributed by atoms with van der Waals surface area (Å²) in [4.78, 5) is 4.30. The smallest absolute Gasteiger partial charge is 0.138 e. The van der Waals surface area contributed by atoms with E-state index < -0.39 is 0 Å². The Morgan fingerprint density at radius 1 is 1.40 bits per heavy atom. The average Bonchev–Trinajstić information content (AvgIpc) is 2.66. The van der Waals surface area contributed by atoms with Crippen molar-refractivity contribution in [2.45, 2.75) is 38.5 Å². The molecule has 0 atom stereocenters. The second-order valence-electron chi connectivity index (χ2n) is 4.67. The third-order valence-corrected chi connectivity index (χ3v) is 4.10. The molecule has 0 unspecified atom stereocenters. The molecule has 0 bridgehead atoms. The van der Waals surface area contributed by atoms with Gasteiger partial charge in [0.2, 0.25) is 0 Å². The van der Waals surface area contributed by atoms with Gasteiger partial charge in [0.1, 0.15) is 12.2 Å². The van der Waals surface area contributed by atoms with Crippen LogP contribution in [-0.2, 0) is 13.5 Å². The van der Waals surface area contributed by atoms with Crippen molar-refractivity contribution < 1.29 is 0 Å². The van der Waals surface area contributed by atoms with E-state index in [1.54, 1.807) is 6.33 Å². The molecular weight excluding hydrogens is 210 g/mol. The van der Waals surface area contributed by atoms with Gasteiger partial charge < -0.3 is 0 Å². The van der Waals surface area contributed by atoms with Crippen molar-refractivity contribution in [2.75, 3.05) is 5.88 Å². The zero-order chi connectivity index (χ0) is 10.7. The molecule has 84 valence electrons. The lowest BCUT2D eigenvalue weighted by molar-refractivity contribution is 0.213. The Morgan fingerprint density at radius 3 is 2.67 bits per heavy atom. The lowest BCUT2D eigenvalue weighted by Crippen LogP contribution is -2.29. The van der Waals surface area contributed by atoms with Crippen molar-refractivity contribution in [2.24, 2.45) is 12.5 Å². The van der Waals surface area contributed by atoms with Crippen LogP contribution in [0.2, 0.25) is 0 Å². The Morgan fingerprint density at radius 2 is 2.13 bits per heavy atom. The molecule has 0 amide bonds. The fourth-order valence-corrected chi connectivity index (χ4v) is 2.84. The molecule has 4 heteroatoms. The fourth-order valence-electron chi connectivity index (χ4n) is 2.48. The molecule has 1 fully saturated rings. The van der Waals surface area contributed by atoms with Crippen molar-refractivity contribution in [3.63, 3.8) is 0 Å². The molecule has 3 nitrogen and oxygen atoms in total. The summed E-state index contributed by atoms with van der Waals surface area (Å²) in [5.74, 6) is 1.82. The van der Waals surface area contributed by atoms with Gasteiger partial charge in [0.05, 0.1) is 0 Å². The summed E-state index contributed by atoms with van der Waals surface area (Å²) >= 11 is 6.15. The normalized spacial score (nSPS) is 20.4. The van der Waals surface area contributed by atoms with Crippen LogP contribution in [0.15, 0.2) is 6.33 Å². The van der Waals surface area contributed by atoms with Crippen molar-refractivity contribution >= 4 is 11.6 Å². The predicted molar refractivity (Wildman–Crippen MR) is 60.9 cm³/mol. The van der Waals surface area contributed by atoms with Gasteiger partial charge in [-0.3, -0.25) is 4.68 Å². The van der Waals surface area contributed by atoms with Crippen molar-refractivity contribution in [3.05, 3.63) is 12.2 Å². The van der Waals surface area contributed by atoms with Crippen molar-refractivity contribution in [1.82, 2.24) is 14.8 Å². The van der Waals surface area contributed by atoms with Crippen LogP contribution in [0.25, 0.3) is 0 Å². The minimum Gasteiger partial charge on any atom is -0.253 e. The molecule has 15 heavy (non-hydrogen) atoms. The van der Waals surface area contributed by atoms with Crippen LogP contribution >= 0.6 is 11.6 Å². The highest BCUT2D eigenvalue weighted by Gasteiger charge is 2.32. The number of aromatic nitrogens is 3. The van der Waals surface area contributed by atoms with Crippen molar-refractivity contribution in [1.29, 1.82) is 0 Å². The van der Waals surface area contributed by atoms with E-state index in [0.717, 1.165) is 18.1 Å². The van der Waals surface area contributed by atoms with Gasteiger partial charge >= 0.3 is 0 Å². The van der Waals surface area contributed by atoms with Gasteiger partial charge in [-0.15, -0.1) is 11.6 Å². The van der Waals surface area contributed by atoms with Gasteiger partial charge in [-0.05, 0) is 18.3 Å². The first-order valence-electron chi connectivity index (χ1n) is 5.65. The van der Waals surface area contributed by atoms with E-state index in [-0.39, 0.29) is 5.41 Å². The van der Waals surface area contributed by atoms with Crippen molar-refractivity contribution in [3.8, 4) is 0 Å². The van der Waals surface area contributed by atoms with E-state index >= 15 is 0 Å². The van der Waals surface area contributed by atoms with Crippen LogP contribution in [0.3, 0.4) is 0 Å². The first-order valence-corrected chi connectivity index (χ1v) is 6.18. The Hall–Kier alpha value is -0.570. The monoisotopic (exact) mass is 227 g/mol. The zero-order valence-corrected chi connectivity index (χ0v) is 10.0. The third-order valence-electron chi connectivity index (χ3n) is 3.54. The summed E-state index contributed by atoms with van der Waals surface area (Å²) in [6, 6.07) is 0. The second kappa shape index (κ2) is 4.52. The predicted octanol–water partition coefficient (Wildman–Crippen LogP) is 2.55. The molecule has 1 saturated carbocycles. The molecule has 0 saturated heterocycles. The summed E-state index contributed by atoms with van der Waals surface area (Å²) < 4.78 is 1.86. The molecule has 0 aromatic carbocycles. The Labute approximate surface area is 95.8 Å². The minimum absolute atomic E-state index is 0.278. The third kappa shape index (κ3) is 2.33. The summed E-state index contributed by atoms with van der Waals surface area (Å²) in [7, 11) is 1.95. The molecule has 1 heterocycles. The SMILES string of the molecule is Cn1ncnc1CC1(CCl)CCCCC1. The van der Waals surface area contributed by atoms with E-state index in [0.29, 0.717) is 0 Å². The molecule has 1 aliphatic rings. The van der Waals surface area contributed by atoms with Crippen LogP contribution < -0.4 is 0 Å². The molecule has 1 aromatic heterocycles. The van der Waals surface area contributed by atoms with E-state index in [2.05, 4.69) is 10.1 Å². The highest BCUT2D eigenvalue weighted by Crippen LogP contribution is 2.39. The maximum Gasteiger partial charge on any atom is 0.138 e. The summed E-state index contributed by atoms with van der Waals surface area (Å²) in [6.07, 6.45) is 9.06. The largest absolute Gasteiger partial charge is 0.253 e. The van der Waals surface area contributed by atoms with Crippen LogP contribution in [0, 0.1) is 5.41 Å². The Kier molecular flexibility index (Phi) is 3.29. The van der Waals surface area contributed by atoms with E-state index in [1.165, 1.54) is 32.1 Å². The highest BCUT2D eigenvalue weighted by atomic mass is 35.5. The number of halogens is 1. The molecule has 0 radical (unpaired) electrons. The molecule has 0 aliphatic heterocycles. The fraction of sp³-hybridized carbons (Fsp3) is 0.818. The topological polar surface area (TPSA) is 30.7 Å². The summed E-state index contributed by atoms with van der Waals surface area (Å²) in [5, 5.41) is 4.11. The number of hydrogen-bond donors (Lipinski definition) is 0. The first-order chi connectivity index (χ1) is 7.26. The Bertz CT molecular complexity index is 315. The van der Waals surface area contributed by atoms with Crippen LogP contribution in [0.1, 0.15) is 37.9 Å². The summed E-state index contributed by atoms with van der Waals surface area (Å²) in [6.45, 7) is 0. The van der Waals surface area contributed by atoms with Gasteiger partial charge in [-0.1, -0.05) is 19.3 Å². The van der Waals surface area contributed by atoms with Gasteiger partial charge in [0.25, 0.3) is 0 Å². The van der Waals surface area contributed by atoms with Gasteiger partial charge in [-0.25, -0.2) is 4.98 Å². The minimum atomic E-state index is 0.278. The molecule has 1 aromatic rings. The number of alkyl halides is 1. The number of rotatable bonds is 3. The lowest BCUT2D eigenvalue weighted by Gasteiger charge is -2.35. The van der Waals surface area contributed by atoms with Crippen LogP contribution in [-0.4, -0.2) is 20.6 Å². The highest BCUT2D eigenvalue weighted by molar-refractivity contribution is 6.18. The maximum atomic E-state index is 6.15. The van der Waals surface area contributed by atoms with E-state index in [9.17, 15) is 0 Å². The standard InChI is InChI=1S/C11H18ClN3/c1-15-10(13-9-14-15)7-11(8-12)5-3-2-4-6-11/h9H,2-8H2,1H3. The number of hydrogen-bond acceptors (Lipinski definition) is 2. The van der Waals surface area contributed by atoms with E-state index in [4.69, 9.17) is 11.6 Å². The molecule has 2 rings (SSSR count). The quantitative estimate of drug-likeness (QED) is 0.743. The first kappa shape index (κ1) is 10.9. The number of aryl methyl sites for hydroxylation is 1. The maximum absolute atomic E-state index is 6.15. The van der Waals surface area contributed by atoms with Gasteiger partial charge in [0, 0.05) is 19.3 Å². The van der Waals surface area contributed by atoms with E-state index in [1.807, 2.05) is 11.7 Å². The number of nitrogens with zero attached hydrogens (tertiary/aromatic N) is 3. The summed E-state index contributed by atoms with van der Waals surface area (Å²) in [5.41, 5.74) is 0.278. The average molecular weight is 228 g/mol. The molecule has 0 spiro atoms. The van der Waals surface area contributed by atoms with Crippen LogP contribution in [0.5, 0.6) is 0 Å². The zero-order valence-electron chi connectivity index (χ0n) is 9.25. The molecule has 1 aliphatic carbocycles. The van der Waals surface area contributed by atoms with Crippen LogP contribution in [0.4, 0.5) is 0 Å². The molecular formula is C11H18ClN3. The second-order valence-corrected chi connectivity index (χ2v) is 4.94. The van der Waals surface area contributed by atoms with Gasteiger partial charge in [-0.2, -0.15) is 5.10 Å².